The van der Waals surface area contributed by atoms with Crippen LogP contribution in [-0.2, 0) is 4.79 Å². The van der Waals surface area contributed by atoms with E-state index in [-0.39, 0.29) is 6.04 Å². The zero-order valence-corrected chi connectivity index (χ0v) is 13.7. The molecule has 1 aliphatic carbocycles. The van der Waals surface area contributed by atoms with Crippen LogP contribution in [0.3, 0.4) is 0 Å². The quantitative estimate of drug-likeness (QED) is 0.844. The van der Waals surface area contributed by atoms with E-state index in [9.17, 15) is 4.79 Å². The maximum Gasteiger partial charge on any atom is 0.240 e. The average molecular weight is 293 g/mol. The zero-order chi connectivity index (χ0) is 14.9. The second kappa shape index (κ2) is 6.25. The second-order valence-corrected chi connectivity index (χ2v) is 7.87. The van der Waals surface area contributed by atoms with Crippen LogP contribution in [0.2, 0.25) is 0 Å². The third-order valence-corrected chi connectivity index (χ3v) is 5.79. The molecule has 1 unspecified atom stereocenters. The number of nitrogens with one attached hydrogen (secondary N) is 1. The Bertz CT molecular complexity index is 366. The summed E-state index contributed by atoms with van der Waals surface area (Å²) in [6, 6.07) is 0.826. The Morgan fingerprint density at radius 1 is 1.05 bits per heavy atom. The topological polar surface area (TPSA) is 35.6 Å². The van der Waals surface area contributed by atoms with Crippen LogP contribution in [0.15, 0.2) is 0 Å². The molecule has 3 rings (SSSR count). The van der Waals surface area contributed by atoms with E-state index in [1.165, 1.54) is 32.1 Å². The number of carbonyl (C=O) groups is 1. The molecule has 4 heteroatoms. The Hall–Kier alpha value is -0.610. The van der Waals surface area contributed by atoms with Gasteiger partial charge in [0.25, 0.3) is 0 Å². The van der Waals surface area contributed by atoms with E-state index in [4.69, 9.17) is 0 Å². The van der Waals surface area contributed by atoms with Gasteiger partial charge in [-0.3, -0.25) is 9.69 Å². The van der Waals surface area contributed by atoms with Crippen LogP contribution in [0.5, 0.6) is 0 Å². The minimum Gasteiger partial charge on any atom is -0.339 e. The summed E-state index contributed by atoms with van der Waals surface area (Å²) in [6.45, 7) is 9.59. The van der Waals surface area contributed by atoms with Crippen LogP contribution >= 0.6 is 0 Å². The number of likely N-dealkylation sites (tertiary alicyclic amines) is 1. The number of rotatable bonds is 2. The molecule has 1 amide bonds. The number of amides is 1. The molecule has 1 atom stereocenters. The Balaban J connectivity index is 1.61. The molecule has 21 heavy (non-hydrogen) atoms. The van der Waals surface area contributed by atoms with E-state index in [0.717, 1.165) is 39.1 Å². The predicted molar refractivity (Wildman–Crippen MR) is 85.2 cm³/mol. The molecule has 0 spiro atoms. The first kappa shape index (κ1) is 15.3. The molecule has 0 aromatic rings. The molecule has 3 aliphatic rings. The van der Waals surface area contributed by atoms with Gasteiger partial charge in [-0.2, -0.15) is 0 Å². The third-order valence-electron chi connectivity index (χ3n) is 5.79. The summed E-state index contributed by atoms with van der Waals surface area (Å²) in [5.74, 6) is 0.402. The summed E-state index contributed by atoms with van der Waals surface area (Å²) in [7, 11) is 0. The molecule has 2 saturated heterocycles. The van der Waals surface area contributed by atoms with E-state index >= 15 is 0 Å². The van der Waals surface area contributed by atoms with Gasteiger partial charge in [0.15, 0.2) is 0 Å². The first-order valence-corrected chi connectivity index (χ1v) is 8.82. The highest BCUT2D eigenvalue weighted by atomic mass is 16.2. The largest absolute Gasteiger partial charge is 0.339 e. The maximum absolute atomic E-state index is 12.8. The lowest BCUT2D eigenvalue weighted by Crippen LogP contribution is -2.54. The van der Waals surface area contributed by atoms with Crippen molar-refractivity contribution in [2.45, 2.75) is 64.5 Å². The normalized spacial score (nSPS) is 31.5. The number of piperazine rings is 1. The molecule has 3 fully saturated rings. The van der Waals surface area contributed by atoms with Crippen LogP contribution in [0.4, 0.5) is 0 Å². The van der Waals surface area contributed by atoms with Crippen molar-refractivity contribution >= 4 is 5.91 Å². The van der Waals surface area contributed by atoms with E-state index in [1.807, 2.05) is 0 Å². The van der Waals surface area contributed by atoms with Crippen molar-refractivity contribution < 1.29 is 4.79 Å². The van der Waals surface area contributed by atoms with Gasteiger partial charge in [0.1, 0.15) is 0 Å². The van der Waals surface area contributed by atoms with Crippen LogP contribution < -0.4 is 5.32 Å². The van der Waals surface area contributed by atoms with Gasteiger partial charge in [0.2, 0.25) is 5.91 Å². The summed E-state index contributed by atoms with van der Waals surface area (Å²) < 4.78 is 0. The average Bonchev–Trinajstić information content (AvgIpc) is 2.97. The lowest BCUT2D eigenvalue weighted by atomic mass is 9.75. The fraction of sp³-hybridized carbons (Fsp3) is 0.941. The minimum atomic E-state index is 0.175. The Labute approximate surface area is 129 Å². The fourth-order valence-corrected chi connectivity index (χ4v) is 4.30. The molecule has 0 aromatic carbocycles. The van der Waals surface area contributed by atoms with Gasteiger partial charge < -0.3 is 10.2 Å². The number of hydrogen-bond donors (Lipinski definition) is 1. The third kappa shape index (κ3) is 3.42. The van der Waals surface area contributed by atoms with Gasteiger partial charge >= 0.3 is 0 Å². The molecule has 4 nitrogen and oxygen atoms in total. The fourth-order valence-electron chi connectivity index (χ4n) is 4.30. The zero-order valence-electron chi connectivity index (χ0n) is 13.7. The number of nitrogens with zero attached hydrogens (tertiary/aromatic N) is 2. The molecule has 1 saturated carbocycles. The molecule has 0 radical (unpaired) electrons. The highest BCUT2D eigenvalue weighted by Gasteiger charge is 2.39. The molecule has 0 aromatic heterocycles. The lowest BCUT2D eigenvalue weighted by Gasteiger charge is -2.41. The maximum atomic E-state index is 12.8. The summed E-state index contributed by atoms with van der Waals surface area (Å²) >= 11 is 0. The van der Waals surface area contributed by atoms with E-state index in [2.05, 4.69) is 29.0 Å². The highest BCUT2D eigenvalue weighted by Crippen LogP contribution is 2.39. The van der Waals surface area contributed by atoms with E-state index in [0.29, 0.717) is 17.4 Å². The SMILES string of the molecule is CC1(C)CCC(N2CCCC2C(=O)N2CCNCC2)CC1. The van der Waals surface area contributed by atoms with Crippen molar-refractivity contribution in [1.29, 1.82) is 0 Å². The van der Waals surface area contributed by atoms with Crippen LogP contribution in [0.25, 0.3) is 0 Å². The smallest absolute Gasteiger partial charge is 0.240 e. The van der Waals surface area contributed by atoms with Crippen LogP contribution in [0.1, 0.15) is 52.4 Å². The van der Waals surface area contributed by atoms with Gasteiger partial charge in [-0.1, -0.05) is 13.8 Å². The summed E-state index contributed by atoms with van der Waals surface area (Å²) in [4.78, 5) is 17.5. The van der Waals surface area contributed by atoms with Crippen molar-refractivity contribution in [3.63, 3.8) is 0 Å². The molecule has 0 bridgehead atoms. The standard InChI is InChI=1S/C17H31N3O/c1-17(2)7-5-14(6-8-17)20-11-3-4-15(20)16(21)19-12-9-18-10-13-19/h14-15,18H,3-13H2,1-2H3. The summed E-state index contributed by atoms with van der Waals surface area (Å²) in [6.07, 6.45) is 7.44. The van der Waals surface area contributed by atoms with Gasteiger partial charge in [-0.25, -0.2) is 0 Å². The Morgan fingerprint density at radius 2 is 1.71 bits per heavy atom. The molecule has 120 valence electrons. The van der Waals surface area contributed by atoms with Crippen molar-refractivity contribution in [2.24, 2.45) is 5.41 Å². The summed E-state index contributed by atoms with van der Waals surface area (Å²) in [5.41, 5.74) is 0.508. The van der Waals surface area contributed by atoms with Gasteiger partial charge in [0.05, 0.1) is 6.04 Å². The van der Waals surface area contributed by atoms with Crippen LogP contribution in [-0.4, -0.2) is 60.5 Å². The number of hydrogen-bond acceptors (Lipinski definition) is 3. The molecular formula is C17H31N3O. The Kier molecular flexibility index (Phi) is 4.55. The van der Waals surface area contributed by atoms with E-state index in [1.54, 1.807) is 0 Å². The van der Waals surface area contributed by atoms with Gasteiger partial charge in [-0.15, -0.1) is 0 Å². The van der Waals surface area contributed by atoms with Crippen molar-refractivity contribution in [1.82, 2.24) is 15.1 Å². The molecule has 2 heterocycles. The number of carbonyl (C=O) groups excluding carboxylic acids is 1. The summed E-state index contributed by atoms with van der Waals surface area (Å²) in [5, 5.41) is 3.34. The minimum absolute atomic E-state index is 0.175. The van der Waals surface area contributed by atoms with Gasteiger partial charge in [-0.05, 0) is 50.5 Å². The monoisotopic (exact) mass is 293 g/mol. The first-order valence-electron chi connectivity index (χ1n) is 8.82. The lowest BCUT2D eigenvalue weighted by molar-refractivity contribution is -0.137. The molecule has 2 aliphatic heterocycles. The van der Waals surface area contributed by atoms with Crippen LogP contribution in [0, 0.1) is 5.41 Å². The van der Waals surface area contributed by atoms with Crippen molar-refractivity contribution in [2.75, 3.05) is 32.7 Å². The first-order chi connectivity index (χ1) is 10.1. The van der Waals surface area contributed by atoms with E-state index < -0.39 is 0 Å². The molecular weight excluding hydrogens is 262 g/mol. The highest BCUT2D eigenvalue weighted by molar-refractivity contribution is 5.82. The molecule has 1 N–H and O–H groups in total. The second-order valence-electron chi connectivity index (χ2n) is 7.87. The predicted octanol–water partition coefficient (Wildman–Crippen LogP) is 1.85. The Morgan fingerprint density at radius 3 is 2.38 bits per heavy atom. The van der Waals surface area contributed by atoms with Crippen molar-refractivity contribution in [3.05, 3.63) is 0 Å². The van der Waals surface area contributed by atoms with Crippen molar-refractivity contribution in [3.8, 4) is 0 Å². The van der Waals surface area contributed by atoms with Gasteiger partial charge in [0, 0.05) is 32.2 Å².